The fourth-order valence-corrected chi connectivity index (χ4v) is 4.08. The first kappa shape index (κ1) is 14.0. The largest absolute Gasteiger partial charge is 0.507 e. The number of rotatable bonds is 0. The van der Waals surface area contributed by atoms with Gasteiger partial charge in [0.15, 0.2) is 18.0 Å². The lowest BCUT2D eigenvalue weighted by molar-refractivity contribution is -0.146. The van der Waals surface area contributed by atoms with Gasteiger partial charge in [0, 0.05) is 0 Å². The van der Waals surface area contributed by atoms with Crippen molar-refractivity contribution in [2.24, 2.45) is 0 Å². The standard InChI is InChI=1S/C20H12O6/c21-10-7-8-11(22)16-15(10)17(23)18-19(24-18)20(16)25-12-5-1-3-9-4-2-6-13(26-20)14(9)12/h1-8,18-19,21-22H. The zero-order chi connectivity index (χ0) is 17.6. The monoisotopic (exact) mass is 348 g/mol. The third-order valence-electron chi connectivity index (χ3n) is 5.23. The molecule has 2 N–H and O–H groups in total. The topological polar surface area (TPSA) is 88.5 Å². The van der Waals surface area contributed by atoms with Crippen LogP contribution in [-0.4, -0.2) is 28.2 Å². The number of hydrogen-bond acceptors (Lipinski definition) is 6. The van der Waals surface area contributed by atoms with Crippen molar-refractivity contribution in [3.63, 3.8) is 0 Å². The second-order valence-corrected chi connectivity index (χ2v) is 6.68. The van der Waals surface area contributed by atoms with Crippen molar-refractivity contribution < 1.29 is 29.2 Å². The second-order valence-electron chi connectivity index (χ2n) is 6.68. The van der Waals surface area contributed by atoms with E-state index < -0.39 is 18.0 Å². The smallest absolute Gasteiger partial charge is 0.312 e. The van der Waals surface area contributed by atoms with Gasteiger partial charge >= 0.3 is 5.79 Å². The molecule has 2 atom stereocenters. The summed E-state index contributed by atoms with van der Waals surface area (Å²) in [7, 11) is 0. The molecule has 3 aliphatic rings. The van der Waals surface area contributed by atoms with Gasteiger partial charge in [0.25, 0.3) is 0 Å². The Hall–Kier alpha value is -3.25. The molecule has 2 unspecified atom stereocenters. The highest BCUT2D eigenvalue weighted by Crippen LogP contribution is 2.57. The van der Waals surface area contributed by atoms with Crippen LogP contribution in [0.3, 0.4) is 0 Å². The molecule has 0 aromatic heterocycles. The fraction of sp³-hybridized carbons (Fsp3) is 0.150. The van der Waals surface area contributed by atoms with Crippen LogP contribution in [0.2, 0.25) is 0 Å². The normalized spacial score (nSPS) is 23.8. The fourth-order valence-electron chi connectivity index (χ4n) is 4.08. The molecule has 2 aliphatic heterocycles. The molecule has 6 rings (SSSR count). The minimum absolute atomic E-state index is 0.0182. The van der Waals surface area contributed by atoms with Gasteiger partial charge in [0.2, 0.25) is 0 Å². The first-order valence-electron chi connectivity index (χ1n) is 8.25. The van der Waals surface area contributed by atoms with Crippen molar-refractivity contribution >= 4 is 16.6 Å². The highest BCUT2D eigenvalue weighted by Gasteiger charge is 2.70. The molecular formula is C20H12O6. The van der Waals surface area contributed by atoms with Crippen LogP contribution in [0.15, 0.2) is 48.5 Å². The Morgan fingerprint density at radius 2 is 1.54 bits per heavy atom. The Morgan fingerprint density at radius 3 is 2.23 bits per heavy atom. The molecular weight excluding hydrogens is 336 g/mol. The number of epoxide rings is 1. The molecule has 1 saturated heterocycles. The minimum atomic E-state index is -1.53. The van der Waals surface area contributed by atoms with Crippen LogP contribution >= 0.6 is 0 Å². The number of benzene rings is 3. The lowest BCUT2D eigenvalue weighted by atomic mass is 9.83. The average molecular weight is 348 g/mol. The first-order chi connectivity index (χ1) is 12.6. The summed E-state index contributed by atoms with van der Waals surface area (Å²) in [5.41, 5.74) is 0.0862. The third kappa shape index (κ3) is 1.49. The molecule has 3 aromatic rings. The van der Waals surface area contributed by atoms with Crippen molar-refractivity contribution in [1.82, 2.24) is 0 Å². The number of carbonyl (C=O) groups excluding carboxylic acids is 1. The van der Waals surface area contributed by atoms with Crippen molar-refractivity contribution in [1.29, 1.82) is 0 Å². The lowest BCUT2D eigenvalue weighted by Gasteiger charge is -2.40. The molecule has 1 spiro atoms. The quantitative estimate of drug-likeness (QED) is 0.480. The van der Waals surface area contributed by atoms with Crippen LogP contribution in [-0.2, 0) is 10.5 Å². The Balaban J connectivity index is 1.67. The maximum Gasteiger partial charge on any atom is 0.312 e. The minimum Gasteiger partial charge on any atom is -0.507 e. The van der Waals surface area contributed by atoms with Gasteiger partial charge in [-0.2, -0.15) is 0 Å². The molecule has 2 heterocycles. The molecule has 1 aliphatic carbocycles. The van der Waals surface area contributed by atoms with E-state index in [0.29, 0.717) is 11.5 Å². The number of Topliss-reactive ketones (excluding diaryl/α,β-unsaturated/α-hetero) is 1. The highest BCUT2D eigenvalue weighted by molar-refractivity contribution is 6.07. The summed E-state index contributed by atoms with van der Waals surface area (Å²) in [5.74, 6) is -1.19. The Labute approximate surface area is 147 Å². The van der Waals surface area contributed by atoms with Crippen LogP contribution in [0.1, 0.15) is 15.9 Å². The maximum atomic E-state index is 12.6. The van der Waals surface area contributed by atoms with Gasteiger partial charge in [-0.05, 0) is 29.7 Å². The van der Waals surface area contributed by atoms with Crippen molar-refractivity contribution in [2.45, 2.75) is 18.0 Å². The van der Waals surface area contributed by atoms with E-state index in [1.54, 1.807) is 0 Å². The predicted molar refractivity (Wildman–Crippen MR) is 89.6 cm³/mol. The summed E-state index contributed by atoms with van der Waals surface area (Å²) in [6, 6.07) is 13.8. The van der Waals surface area contributed by atoms with Crippen LogP contribution in [0.25, 0.3) is 10.8 Å². The number of carbonyl (C=O) groups is 1. The van der Waals surface area contributed by atoms with E-state index in [-0.39, 0.29) is 28.4 Å². The molecule has 1 fully saturated rings. The molecule has 0 saturated carbocycles. The molecule has 128 valence electrons. The Kier molecular flexibility index (Phi) is 2.30. The third-order valence-corrected chi connectivity index (χ3v) is 5.23. The predicted octanol–water partition coefficient (Wildman–Crippen LogP) is 2.84. The zero-order valence-electron chi connectivity index (χ0n) is 13.3. The van der Waals surface area contributed by atoms with Crippen LogP contribution in [0, 0.1) is 0 Å². The first-order valence-corrected chi connectivity index (χ1v) is 8.25. The summed E-state index contributed by atoms with van der Waals surface area (Å²) in [5, 5.41) is 22.5. The van der Waals surface area contributed by atoms with E-state index in [1.807, 2.05) is 36.4 Å². The van der Waals surface area contributed by atoms with Gasteiger partial charge in [-0.1, -0.05) is 24.3 Å². The molecule has 6 nitrogen and oxygen atoms in total. The van der Waals surface area contributed by atoms with E-state index in [4.69, 9.17) is 14.2 Å². The van der Waals surface area contributed by atoms with Crippen molar-refractivity contribution in [2.75, 3.05) is 0 Å². The summed E-state index contributed by atoms with van der Waals surface area (Å²) < 4.78 is 18.0. The van der Waals surface area contributed by atoms with Gasteiger partial charge in [-0.3, -0.25) is 4.79 Å². The molecule has 0 bridgehead atoms. The van der Waals surface area contributed by atoms with Gasteiger partial charge in [0.1, 0.15) is 23.0 Å². The van der Waals surface area contributed by atoms with E-state index >= 15 is 0 Å². The van der Waals surface area contributed by atoms with Gasteiger partial charge in [0.05, 0.1) is 16.5 Å². The summed E-state index contributed by atoms with van der Waals surface area (Å²) in [4.78, 5) is 12.6. The summed E-state index contributed by atoms with van der Waals surface area (Å²) >= 11 is 0. The average Bonchev–Trinajstić information content (AvgIpc) is 3.44. The molecule has 0 amide bonds. The van der Waals surface area contributed by atoms with E-state index in [0.717, 1.165) is 10.8 Å². The number of hydrogen-bond donors (Lipinski definition) is 2. The van der Waals surface area contributed by atoms with E-state index in [9.17, 15) is 15.0 Å². The number of fused-ring (bicyclic) bond motifs is 4. The Bertz CT molecular complexity index is 1090. The molecule has 0 radical (unpaired) electrons. The summed E-state index contributed by atoms with van der Waals surface area (Å²) in [6.45, 7) is 0. The number of ketones is 1. The van der Waals surface area contributed by atoms with Crippen LogP contribution in [0.4, 0.5) is 0 Å². The van der Waals surface area contributed by atoms with Gasteiger partial charge in [-0.15, -0.1) is 0 Å². The zero-order valence-corrected chi connectivity index (χ0v) is 13.3. The van der Waals surface area contributed by atoms with Crippen molar-refractivity contribution in [3.8, 4) is 23.0 Å². The number of aromatic hydroxyl groups is 2. The van der Waals surface area contributed by atoms with Gasteiger partial charge < -0.3 is 24.4 Å². The summed E-state index contributed by atoms with van der Waals surface area (Å²) in [6.07, 6.45) is -1.46. The van der Waals surface area contributed by atoms with Crippen LogP contribution in [0.5, 0.6) is 23.0 Å². The maximum absolute atomic E-state index is 12.6. The molecule has 6 heteroatoms. The molecule has 26 heavy (non-hydrogen) atoms. The Morgan fingerprint density at radius 1 is 0.885 bits per heavy atom. The van der Waals surface area contributed by atoms with Gasteiger partial charge in [-0.25, -0.2) is 0 Å². The second kappa shape index (κ2) is 4.28. The van der Waals surface area contributed by atoms with E-state index in [2.05, 4.69) is 0 Å². The highest BCUT2D eigenvalue weighted by atomic mass is 16.8. The lowest BCUT2D eigenvalue weighted by Crippen LogP contribution is -2.51. The van der Waals surface area contributed by atoms with Crippen molar-refractivity contribution in [3.05, 3.63) is 59.7 Å². The number of phenolic OH excluding ortho intramolecular Hbond substituents is 2. The SMILES string of the molecule is O=C1c2c(O)ccc(O)c2C2(Oc3cccc4cccc(c34)O2)C2OC12. The van der Waals surface area contributed by atoms with Crippen LogP contribution < -0.4 is 9.47 Å². The van der Waals surface area contributed by atoms with E-state index in [1.165, 1.54) is 12.1 Å². The number of ether oxygens (including phenoxy) is 3. The molecule has 3 aromatic carbocycles. The number of phenols is 2.